The smallest absolute Gasteiger partial charge is 0.348 e. The van der Waals surface area contributed by atoms with Crippen LogP contribution in [0.25, 0.3) is 11.1 Å². The fraction of sp³-hybridized carbons (Fsp3) is 0.100. The number of rotatable bonds is 6. The summed E-state index contributed by atoms with van der Waals surface area (Å²) in [6.45, 7) is 0. The van der Waals surface area contributed by atoms with Crippen LogP contribution in [0.5, 0.6) is 0 Å². The molecule has 0 aliphatic heterocycles. The van der Waals surface area contributed by atoms with Gasteiger partial charge in [-0.25, -0.2) is 4.79 Å². The number of carboxylic acid groups (broad SMARTS) is 1. The first kappa shape index (κ1) is 17.7. The van der Waals surface area contributed by atoms with Crippen LogP contribution in [0.1, 0.15) is 21.7 Å². The molecule has 0 aliphatic rings. The molecular formula is C20H18N2O3S. The molecule has 2 aromatic carbocycles. The van der Waals surface area contributed by atoms with Gasteiger partial charge in [-0.2, -0.15) is 0 Å². The maximum atomic E-state index is 12.1. The van der Waals surface area contributed by atoms with Crippen LogP contribution >= 0.6 is 11.3 Å². The van der Waals surface area contributed by atoms with Crippen molar-refractivity contribution in [3.63, 3.8) is 0 Å². The third-order valence-electron chi connectivity index (χ3n) is 3.95. The molecule has 4 N–H and O–H groups in total. The van der Waals surface area contributed by atoms with E-state index in [9.17, 15) is 9.59 Å². The highest BCUT2D eigenvalue weighted by molar-refractivity contribution is 7.12. The van der Waals surface area contributed by atoms with Crippen molar-refractivity contribution in [3.05, 3.63) is 70.4 Å². The quantitative estimate of drug-likeness (QED) is 0.568. The summed E-state index contributed by atoms with van der Waals surface area (Å²) >= 11 is 1.09. The van der Waals surface area contributed by atoms with E-state index in [0.29, 0.717) is 12.1 Å². The van der Waals surface area contributed by atoms with E-state index in [1.54, 1.807) is 11.4 Å². The summed E-state index contributed by atoms with van der Waals surface area (Å²) in [5.74, 6) is -1.24. The third kappa shape index (κ3) is 4.29. The molecule has 1 heterocycles. The number of hydrogen-bond acceptors (Lipinski definition) is 4. The van der Waals surface area contributed by atoms with Gasteiger partial charge in [0.1, 0.15) is 4.88 Å². The first-order valence-electron chi connectivity index (χ1n) is 8.08. The number of nitrogens with two attached hydrogens (primary N) is 1. The predicted octanol–water partition coefficient (Wildman–Crippen LogP) is 4.27. The first-order valence-corrected chi connectivity index (χ1v) is 8.96. The van der Waals surface area contributed by atoms with E-state index in [1.165, 1.54) is 0 Å². The van der Waals surface area contributed by atoms with Crippen LogP contribution in [0.4, 0.5) is 11.4 Å². The molecule has 0 aliphatic carbocycles. The van der Waals surface area contributed by atoms with Crippen LogP contribution in [0, 0.1) is 0 Å². The summed E-state index contributed by atoms with van der Waals surface area (Å²) in [6.07, 6.45) is 0.863. The number of anilines is 2. The van der Waals surface area contributed by atoms with Gasteiger partial charge in [0.05, 0.1) is 5.69 Å². The van der Waals surface area contributed by atoms with Crippen LogP contribution in [0.2, 0.25) is 0 Å². The Kier molecular flexibility index (Phi) is 5.34. The number of nitrogen functional groups attached to an aromatic ring is 1. The molecule has 6 heteroatoms. The van der Waals surface area contributed by atoms with E-state index in [1.807, 2.05) is 48.5 Å². The van der Waals surface area contributed by atoms with E-state index < -0.39 is 5.97 Å². The summed E-state index contributed by atoms with van der Waals surface area (Å²) in [7, 11) is 0. The fourth-order valence-corrected chi connectivity index (χ4v) is 3.31. The van der Waals surface area contributed by atoms with E-state index in [2.05, 4.69) is 5.32 Å². The Morgan fingerprint density at radius 2 is 1.81 bits per heavy atom. The number of amides is 1. The second kappa shape index (κ2) is 7.84. The van der Waals surface area contributed by atoms with Crippen LogP contribution in [0.3, 0.4) is 0 Å². The van der Waals surface area contributed by atoms with Gasteiger partial charge in [-0.05, 0) is 46.7 Å². The van der Waals surface area contributed by atoms with Gasteiger partial charge in [0.15, 0.2) is 0 Å². The van der Waals surface area contributed by atoms with Crippen molar-refractivity contribution in [1.29, 1.82) is 0 Å². The molecule has 0 fully saturated rings. The molecule has 0 unspecified atom stereocenters. The molecule has 132 valence electrons. The average Bonchev–Trinajstić information content (AvgIpc) is 3.09. The Balaban J connectivity index is 1.58. The Bertz CT molecular complexity index is 932. The zero-order chi connectivity index (χ0) is 18.5. The molecule has 0 saturated heterocycles. The minimum atomic E-state index is -1.03. The van der Waals surface area contributed by atoms with Gasteiger partial charge in [-0.3, -0.25) is 4.79 Å². The van der Waals surface area contributed by atoms with Gasteiger partial charge < -0.3 is 16.2 Å². The normalized spacial score (nSPS) is 10.5. The molecule has 0 saturated carbocycles. The van der Waals surface area contributed by atoms with E-state index in [0.717, 1.165) is 33.7 Å². The van der Waals surface area contributed by atoms with Crippen molar-refractivity contribution in [3.8, 4) is 11.1 Å². The van der Waals surface area contributed by atoms with Gasteiger partial charge in [0.2, 0.25) is 5.91 Å². The number of thiophene rings is 1. The average molecular weight is 366 g/mol. The largest absolute Gasteiger partial charge is 0.477 e. The van der Waals surface area contributed by atoms with Gasteiger partial charge >= 0.3 is 5.97 Å². The third-order valence-corrected chi connectivity index (χ3v) is 4.85. The second-order valence-electron chi connectivity index (χ2n) is 5.84. The minimum absolute atomic E-state index is 0.143. The number of nitrogens with one attached hydrogen (secondary N) is 1. The molecule has 3 aromatic rings. The highest BCUT2D eigenvalue weighted by Crippen LogP contribution is 2.23. The molecule has 1 amide bonds. The van der Waals surface area contributed by atoms with Crippen molar-refractivity contribution in [1.82, 2.24) is 0 Å². The lowest BCUT2D eigenvalue weighted by Gasteiger charge is -2.07. The molecule has 0 spiro atoms. The van der Waals surface area contributed by atoms with Crippen molar-refractivity contribution in [2.75, 3.05) is 11.1 Å². The predicted molar refractivity (Wildman–Crippen MR) is 105 cm³/mol. The number of carbonyl (C=O) groups excluding carboxylic acids is 1. The fourth-order valence-electron chi connectivity index (χ4n) is 2.63. The number of aromatic carboxylic acids is 1. The summed E-state index contributed by atoms with van der Waals surface area (Å²) < 4.78 is 0. The van der Waals surface area contributed by atoms with Crippen LogP contribution in [-0.2, 0) is 11.2 Å². The molecule has 0 radical (unpaired) electrons. The Labute approximate surface area is 155 Å². The maximum Gasteiger partial charge on any atom is 0.348 e. The first-order chi connectivity index (χ1) is 12.5. The number of aryl methyl sites for hydroxylation is 1. The summed E-state index contributed by atoms with van der Waals surface area (Å²) in [5, 5.41) is 13.4. The minimum Gasteiger partial charge on any atom is -0.477 e. The van der Waals surface area contributed by atoms with E-state index in [4.69, 9.17) is 10.8 Å². The maximum absolute atomic E-state index is 12.1. The van der Waals surface area contributed by atoms with Crippen LogP contribution in [0.15, 0.2) is 60.0 Å². The number of carboxylic acids is 1. The molecule has 5 nitrogen and oxygen atoms in total. The van der Waals surface area contributed by atoms with E-state index in [-0.39, 0.29) is 17.2 Å². The standard InChI is InChI=1S/C20H18N2O3S/c21-16-3-1-2-15(12-16)14-7-4-13(5-8-14)6-9-18(23)22-17-10-11-26-19(17)20(24)25/h1-5,7-8,10-12H,6,9,21H2,(H,22,23)(H,24,25). The lowest BCUT2D eigenvalue weighted by atomic mass is 10.0. The molecular weight excluding hydrogens is 348 g/mol. The van der Waals surface area contributed by atoms with Crippen molar-refractivity contribution in [2.45, 2.75) is 12.8 Å². The molecule has 26 heavy (non-hydrogen) atoms. The highest BCUT2D eigenvalue weighted by atomic mass is 32.1. The van der Waals surface area contributed by atoms with Crippen molar-refractivity contribution < 1.29 is 14.7 Å². The summed E-state index contributed by atoms with van der Waals surface area (Å²) in [5.41, 5.74) is 10.0. The van der Waals surface area contributed by atoms with Gasteiger partial charge in [0, 0.05) is 12.1 Å². The molecule has 0 atom stereocenters. The van der Waals surface area contributed by atoms with E-state index >= 15 is 0 Å². The second-order valence-corrected chi connectivity index (χ2v) is 6.76. The molecule has 1 aromatic heterocycles. The topological polar surface area (TPSA) is 92.4 Å². The number of carbonyl (C=O) groups is 2. The molecule has 3 rings (SSSR count). The highest BCUT2D eigenvalue weighted by Gasteiger charge is 2.13. The van der Waals surface area contributed by atoms with Crippen molar-refractivity contribution >= 4 is 34.6 Å². The van der Waals surface area contributed by atoms with Gasteiger partial charge in [-0.1, -0.05) is 36.4 Å². The monoisotopic (exact) mass is 366 g/mol. The Morgan fingerprint density at radius 3 is 2.50 bits per heavy atom. The summed E-state index contributed by atoms with van der Waals surface area (Å²) in [6, 6.07) is 17.3. The Hall–Kier alpha value is -3.12. The lowest BCUT2D eigenvalue weighted by molar-refractivity contribution is -0.116. The zero-order valence-corrected chi connectivity index (χ0v) is 14.8. The van der Waals surface area contributed by atoms with Crippen LogP contribution in [-0.4, -0.2) is 17.0 Å². The van der Waals surface area contributed by atoms with Gasteiger partial charge in [0.25, 0.3) is 0 Å². The summed E-state index contributed by atoms with van der Waals surface area (Å²) in [4.78, 5) is 23.3. The van der Waals surface area contributed by atoms with Crippen molar-refractivity contribution in [2.24, 2.45) is 0 Å². The number of benzene rings is 2. The SMILES string of the molecule is Nc1cccc(-c2ccc(CCC(=O)Nc3ccsc3C(=O)O)cc2)c1. The van der Waals surface area contributed by atoms with Gasteiger partial charge in [-0.15, -0.1) is 11.3 Å². The van der Waals surface area contributed by atoms with Crippen LogP contribution < -0.4 is 11.1 Å². The molecule has 0 bridgehead atoms. The number of hydrogen-bond donors (Lipinski definition) is 3. The Morgan fingerprint density at radius 1 is 1.04 bits per heavy atom. The lowest BCUT2D eigenvalue weighted by Crippen LogP contribution is -2.13. The zero-order valence-electron chi connectivity index (χ0n) is 13.9.